The minimum atomic E-state index is -3.86. The van der Waals surface area contributed by atoms with Crippen molar-refractivity contribution in [3.63, 3.8) is 0 Å². The molecule has 0 aromatic heterocycles. The number of rotatable bonds is 5. The monoisotopic (exact) mass is 446 g/mol. The first kappa shape index (κ1) is 20.9. The first-order valence-corrected chi connectivity index (χ1v) is 11.9. The number of carbonyl (C=O) groups is 2. The average Bonchev–Trinajstić information content (AvgIpc) is 3.39. The predicted octanol–water partition coefficient (Wildman–Crippen LogP) is 4.19. The summed E-state index contributed by atoms with van der Waals surface area (Å²) in [7, 11) is -3.86. The zero-order valence-electron chi connectivity index (χ0n) is 16.4. The molecule has 4 rings (SSSR count). The number of nitrogens with zero attached hydrogens (tertiary/aromatic N) is 1. The highest BCUT2D eigenvalue weighted by atomic mass is 35.5. The molecule has 30 heavy (non-hydrogen) atoms. The summed E-state index contributed by atoms with van der Waals surface area (Å²) in [4.78, 5) is 27.0. The maximum atomic E-state index is 13.4. The molecule has 0 unspecified atom stereocenters. The van der Waals surface area contributed by atoms with Gasteiger partial charge < -0.3 is 10.2 Å². The second-order valence-corrected chi connectivity index (χ2v) is 10.5. The van der Waals surface area contributed by atoms with Crippen LogP contribution in [0.4, 0.5) is 11.4 Å². The van der Waals surface area contributed by atoms with Crippen LogP contribution in [-0.2, 0) is 19.4 Å². The minimum absolute atomic E-state index is 0.0209. The molecule has 1 aliphatic carbocycles. The highest BCUT2D eigenvalue weighted by Gasteiger charge is 2.52. The van der Waals surface area contributed by atoms with Crippen molar-refractivity contribution in [1.82, 2.24) is 0 Å². The van der Waals surface area contributed by atoms with E-state index < -0.39 is 20.5 Å². The van der Waals surface area contributed by atoms with Gasteiger partial charge in [0, 0.05) is 18.7 Å². The van der Waals surface area contributed by atoms with Crippen molar-refractivity contribution in [1.29, 1.82) is 0 Å². The third-order valence-corrected chi connectivity index (χ3v) is 8.78. The van der Waals surface area contributed by atoms with E-state index in [2.05, 4.69) is 5.32 Å². The molecule has 1 N–H and O–H groups in total. The standard InChI is InChI=1S/C22H23ClN2O4S/c23-18-15-16(10-11-19(18)25-14-6-9-20(25)26)24-21(27)22(12-4-5-13-22)30(28,29)17-7-2-1-3-8-17/h1-3,7-8,10-11,15H,4-6,9,12-14H2,(H,24,27). The van der Waals surface area contributed by atoms with Crippen LogP contribution in [0.3, 0.4) is 0 Å². The van der Waals surface area contributed by atoms with E-state index >= 15 is 0 Å². The molecule has 2 fully saturated rings. The fourth-order valence-corrected chi connectivity index (χ4v) is 6.71. The van der Waals surface area contributed by atoms with Crippen LogP contribution in [0.2, 0.25) is 5.02 Å². The van der Waals surface area contributed by atoms with E-state index in [1.807, 2.05) is 0 Å². The Kier molecular flexibility index (Phi) is 5.59. The lowest BCUT2D eigenvalue weighted by molar-refractivity contribution is -0.118. The Hall–Kier alpha value is -2.38. The van der Waals surface area contributed by atoms with E-state index in [1.165, 1.54) is 12.1 Å². The van der Waals surface area contributed by atoms with Gasteiger partial charge >= 0.3 is 0 Å². The normalized spacial score (nSPS) is 18.6. The van der Waals surface area contributed by atoms with Crippen molar-refractivity contribution in [2.24, 2.45) is 0 Å². The third-order valence-electron chi connectivity index (χ3n) is 5.96. The van der Waals surface area contributed by atoms with E-state index in [9.17, 15) is 18.0 Å². The molecular formula is C22H23ClN2O4S. The Balaban J connectivity index is 1.62. The molecule has 2 amide bonds. The highest BCUT2D eigenvalue weighted by Crippen LogP contribution is 2.42. The van der Waals surface area contributed by atoms with E-state index in [-0.39, 0.29) is 23.6 Å². The Morgan fingerprint density at radius 1 is 1.03 bits per heavy atom. The molecule has 1 heterocycles. The molecule has 2 aromatic rings. The van der Waals surface area contributed by atoms with Crippen LogP contribution in [0.25, 0.3) is 0 Å². The summed E-state index contributed by atoms with van der Waals surface area (Å²) in [6.45, 7) is 0.614. The quantitative estimate of drug-likeness (QED) is 0.746. The van der Waals surface area contributed by atoms with Gasteiger partial charge in [-0.2, -0.15) is 0 Å². The molecule has 1 saturated carbocycles. The van der Waals surface area contributed by atoms with E-state index in [4.69, 9.17) is 11.6 Å². The van der Waals surface area contributed by atoms with Crippen molar-refractivity contribution >= 4 is 44.6 Å². The van der Waals surface area contributed by atoms with Crippen molar-refractivity contribution < 1.29 is 18.0 Å². The van der Waals surface area contributed by atoms with Crippen LogP contribution in [0.5, 0.6) is 0 Å². The zero-order valence-corrected chi connectivity index (χ0v) is 18.0. The number of sulfone groups is 1. The number of hydrogen-bond donors (Lipinski definition) is 1. The van der Waals surface area contributed by atoms with Gasteiger partial charge in [-0.25, -0.2) is 8.42 Å². The third kappa shape index (κ3) is 3.50. The molecule has 0 atom stereocenters. The molecule has 0 radical (unpaired) electrons. The Morgan fingerprint density at radius 2 is 1.73 bits per heavy atom. The topological polar surface area (TPSA) is 83.6 Å². The molecule has 6 nitrogen and oxygen atoms in total. The van der Waals surface area contributed by atoms with Gasteiger partial charge in [0.1, 0.15) is 0 Å². The van der Waals surface area contributed by atoms with Gasteiger partial charge in [0.25, 0.3) is 0 Å². The van der Waals surface area contributed by atoms with Crippen LogP contribution >= 0.6 is 11.6 Å². The van der Waals surface area contributed by atoms with Crippen LogP contribution in [0.15, 0.2) is 53.4 Å². The number of hydrogen-bond acceptors (Lipinski definition) is 4. The van der Waals surface area contributed by atoms with Gasteiger partial charge in [-0.1, -0.05) is 42.6 Å². The summed E-state index contributed by atoms with van der Waals surface area (Å²) < 4.78 is 25.3. The number of nitrogens with one attached hydrogen (secondary N) is 1. The van der Waals surface area contributed by atoms with Crippen LogP contribution in [0.1, 0.15) is 38.5 Å². The largest absolute Gasteiger partial charge is 0.325 e. The summed E-state index contributed by atoms with van der Waals surface area (Å²) in [6, 6.07) is 13.0. The molecule has 8 heteroatoms. The second kappa shape index (κ2) is 8.04. The fraction of sp³-hybridized carbons (Fsp3) is 0.364. The molecular weight excluding hydrogens is 424 g/mol. The van der Waals surface area contributed by atoms with Crippen LogP contribution in [0, 0.1) is 0 Å². The van der Waals surface area contributed by atoms with Crippen LogP contribution < -0.4 is 10.2 Å². The van der Waals surface area contributed by atoms with E-state index in [0.29, 0.717) is 42.2 Å². The minimum Gasteiger partial charge on any atom is -0.325 e. The molecule has 2 aromatic carbocycles. The average molecular weight is 447 g/mol. The summed E-state index contributed by atoms with van der Waals surface area (Å²) in [5.74, 6) is -0.516. The lowest BCUT2D eigenvalue weighted by Crippen LogP contribution is -2.47. The molecule has 1 saturated heterocycles. The number of amides is 2. The molecule has 2 aliphatic rings. The SMILES string of the molecule is O=C1CCCN1c1ccc(NC(=O)C2(S(=O)(=O)c3ccccc3)CCCC2)cc1Cl. The maximum absolute atomic E-state index is 13.4. The Labute approximate surface area is 181 Å². The molecule has 1 aliphatic heterocycles. The lowest BCUT2D eigenvalue weighted by Gasteiger charge is -2.28. The van der Waals surface area contributed by atoms with E-state index in [0.717, 1.165) is 6.42 Å². The lowest BCUT2D eigenvalue weighted by atomic mass is 10.1. The van der Waals surface area contributed by atoms with Crippen molar-refractivity contribution in [3.05, 3.63) is 53.6 Å². The van der Waals surface area contributed by atoms with Crippen molar-refractivity contribution in [2.75, 3.05) is 16.8 Å². The smallest absolute Gasteiger partial charge is 0.246 e. The molecule has 0 spiro atoms. The van der Waals surface area contributed by atoms with Gasteiger partial charge in [0.05, 0.1) is 15.6 Å². The number of carbonyl (C=O) groups excluding carboxylic acids is 2. The maximum Gasteiger partial charge on any atom is 0.246 e. The summed E-state index contributed by atoms with van der Waals surface area (Å²) in [6.07, 6.45) is 3.20. The number of halogens is 1. The summed E-state index contributed by atoms with van der Waals surface area (Å²) in [5, 5.41) is 3.11. The first-order chi connectivity index (χ1) is 14.3. The summed E-state index contributed by atoms with van der Waals surface area (Å²) >= 11 is 6.37. The first-order valence-electron chi connectivity index (χ1n) is 10.1. The van der Waals surface area contributed by atoms with Crippen LogP contribution in [-0.4, -0.2) is 31.5 Å². The number of anilines is 2. The molecule has 158 valence electrons. The number of benzene rings is 2. The van der Waals surface area contributed by atoms with Gasteiger partial charge in [-0.05, 0) is 49.6 Å². The Bertz CT molecular complexity index is 1080. The Morgan fingerprint density at radius 3 is 2.33 bits per heavy atom. The van der Waals surface area contributed by atoms with Gasteiger partial charge in [0.15, 0.2) is 14.6 Å². The van der Waals surface area contributed by atoms with Gasteiger partial charge in [-0.3, -0.25) is 9.59 Å². The fourth-order valence-electron chi connectivity index (χ4n) is 4.34. The van der Waals surface area contributed by atoms with Gasteiger partial charge in [0.2, 0.25) is 11.8 Å². The van der Waals surface area contributed by atoms with Crippen molar-refractivity contribution in [3.8, 4) is 0 Å². The molecule has 0 bridgehead atoms. The predicted molar refractivity (Wildman–Crippen MR) is 116 cm³/mol. The van der Waals surface area contributed by atoms with Gasteiger partial charge in [-0.15, -0.1) is 0 Å². The van der Waals surface area contributed by atoms with E-state index in [1.54, 1.807) is 41.3 Å². The van der Waals surface area contributed by atoms with Crippen molar-refractivity contribution in [2.45, 2.75) is 48.2 Å². The summed E-state index contributed by atoms with van der Waals surface area (Å²) in [5.41, 5.74) is 1.01. The second-order valence-electron chi connectivity index (χ2n) is 7.79. The zero-order chi connectivity index (χ0) is 21.4. The highest BCUT2D eigenvalue weighted by molar-refractivity contribution is 7.93.